The van der Waals surface area contributed by atoms with E-state index in [0.29, 0.717) is 11.6 Å². The minimum atomic E-state index is -0.365. The summed E-state index contributed by atoms with van der Waals surface area (Å²) >= 11 is 1.51. The molecule has 1 fully saturated rings. The van der Waals surface area contributed by atoms with E-state index >= 15 is 0 Å². The minimum Gasteiger partial charge on any atom is -0.464 e. The maximum Gasteiger partial charge on any atom is 0.357 e. The molecule has 2 rings (SSSR count). The van der Waals surface area contributed by atoms with Crippen LogP contribution in [0.15, 0.2) is 0 Å². The SMILES string of the molecule is COC(=O)c1nc(NC(C)(C)C2CC2)sc1C. The molecule has 0 aromatic carbocycles. The summed E-state index contributed by atoms with van der Waals surface area (Å²) in [5.41, 5.74) is 0.476. The number of nitrogens with one attached hydrogen (secondary N) is 1. The number of anilines is 1. The lowest BCUT2D eigenvalue weighted by molar-refractivity contribution is 0.0594. The number of methoxy groups -OCH3 is 1. The largest absolute Gasteiger partial charge is 0.464 e. The predicted octanol–water partition coefficient (Wildman–Crippen LogP) is 2.84. The van der Waals surface area contributed by atoms with Gasteiger partial charge in [0, 0.05) is 10.4 Å². The molecule has 0 atom stereocenters. The molecule has 17 heavy (non-hydrogen) atoms. The summed E-state index contributed by atoms with van der Waals surface area (Å²) in [6, 6.07) is 0. The first-order valence-electron chi connectivity index (χ1n) is 5.78. The van der Waals surface area contributed by atoms with E-state index in [2.05, 4.69) is 24.1 Å². The van der Waals surface area contributed by atoms with Gasteiger partial charge in [-0.25, -0.2) is 9.78 Å². The lowest BCUT2D eigenvalue weighted by atomic mass is 9.99. The van der Waals surface area contributed by atoms with Crippen LogP contribution in [0.3, 0.4) is 0 Å². The van der Waals surface area contributed by atoms with Crippen molar-refractivity contribution in [3.05, 3.63) is 10.6 Å². The highest BCUT2D eigenvalue weighted by Gasteiger charge is 2.38. The number of aromatic nitrogens is 1. The van der Waals surface area contributed by atoms with Gasteiger partial charge in [-0.2, -0.15) is 0 Å². The maximum atomic E-state index is 11.5. The molecule has 0 amide bonds. The molecule has 1 aromatic rings. The van der Waals surface area contributed by atoms with Crippen molar-refractivity contribution < 1.29 is 9.53 Å². The number of hydrogen-bond donors (Lipinski definition) is 1. The fourth-order valence-corrected chi connectivity index (χ4v) is 2.89. The van der Waals surface area contributed by atoms with Crippen molar-refractivity contribution in [1.82, 2.24) is 4.98 Å². The van der Waals surface area contributed by atoms with E-state index in [1.54, 1.807) is 0 Å². The molecular weight excluding hydrogens is 236 g/mol. The molecule has 1 saturated carbocycles. The Hall–Kier alpha value is -1.10. The van der Waals surface area contributed by atoms with Gasteiger partial charge in [0.1, 0.15) is 0 Å². The molecule has 1 N–H and O–H groups in total. The zero-order valence-corrected chi connectivity index (χ0v) is 11.5. The Labute approximate surface area is 105 Å². The molecule has 5 heteroatoms. The lowest BCUT2D eigenvalue weighted by Gasteiger charge is -2.25. The molecule has 4 nitrogen and oxygen atoms in total. The van der Waals surface area contributed by atoms with Gasteiger partial charge in [-0.05, 0) is 39.5 Å². The fraction of sp³-hybridized carbons (Fsp3) is 0.667. The van der Waals surface area contributed by atoms with Crippen LogP contribution in [-0.2, 0) is 4.74 Å². The highest BCUT2D eigenvalue weighted by atomic mass is 32.1. The molecule has 0 bridgehead atoms. The molecule has 0 spiro atoms. The van der Waals surface area contributed by atoms with Crippen LogP contribution in [0.25, 0.3) is 0 Å². The first-order chi connectivity index (χ1) is 7.94. The van der Waals surface area contributed by atoms with Crippen molar-refractivity contribution in [2.75, 3.05) is 12.4 Å². The second-order valence-corrected chi connectivity index (χ2v) is 6.24. The summed E-state index contributed by atoms with van der Waals surface area (Å²) in [5, 5.41) is 4.23. The standard InChI is InChI=1S/C12H18N2O2S/c1-7-9(10(15)16-4)13-11(17-7)14-12(2,3)8-5-6-8/h8H,5-6H2,1-4H3,(H,13,14). The Kier molecular flexibility index (Phi) is 3.12. The zero-order chi connectivity index (χ0) is 12.6. The number of thiazole rings is 1. The average molecular weight is 254 g/mol. The molecule has 1 heterocycles. The van der Waals surface area contributed by atoms with Gasteiger partial charge in [0.2, 0.25) is 0 Å². The van der Waals surface area contributed by atoms with E-state index in [4.69, 9.17) is 4.74 Å². The Morgan fingerprint density at radius 3 is 2.71 bits per heavy atom. The molecule has 0 saturated heterocycles. The summed E-state index contributed by atoms with van der Waals surface area (Å²) in [7, 11) is 1.38. The van der Waals surface area contributed by atoms with Gasteiger partial charge in [-0.15, -0.1) is 11.3 Å². The van der Waals surface area contributed by atoms with E-state index in [9.17, 15) is 4.79 Å². The van der Waals surface area contributed by atoms with Crippen LogP contribution in [0.4, 0.5) is 5.13 Å². The minimum absolute atomic E-state index is 0.0533. The predicted molar refractivity (Wildman–Crippen MR) is 68.6 cm³/mol. The van der Waals surface area contributed by atoms with Gasteiger partial charge in [-0.3, -0.25) is 0 Å². The van der Waals surface area contributed by atoms with Crippen LogP contribution in [-0.4, -0.2) is 23.6 Å². The Morgan fingerprint density at radius 2 is 2.18 bits per heavy atom. The number of hydrogen-bond acceptors (Lipinski definition) is 5. The second kappa shape index (κ2) is 4.29. The van der Waals surface area contributed by atoms with Crippen molar-refractivity contribution in [3.8, 4) is 0 Å². The summed E-state index contributed by atoms with van der Waals surface area (Å²) in [5.74, 6) is 0.351. The van der Waals surface area contributed by atoms with Crippen LogP contribution in [0.5, 0.6) is 0 Å². The number of ether oxygens (including phenoxy) is 1. The van der Waals surface area contributed by atoms with Crippen molar-refractivity contribution in [3.63, 3.8) is 0 Å². The third-order valence-corrected chi connectivity index (χ3v) is 4.09. The molecular formula is C12H18N2O2S. The molecule has 0 radical (unpaired) electrons. The van der Waals surface area contributed by atoms with Crippen molar-refractivity contribution in [2.45, 2.75) is 39.2 Å². The topological polar surface area (TPSA) is 51.2 Å². The van der Waals surface area contributed by atoms with Crippen molar-refractivity contribution in [1.29, 1.82) is 0 Å². The number of esters is 1. The van der Waals surface area contributed by atoms with Crippen LogP contribution in [0.1, 0.15) is 42.1 Å². The number of rotatable bonds is 4. The molecule has 1 aliphatic carbocycles. The van der Waals surface area contributed by atoms with E-state index < -0.39 is 0 Å². The second-order valence-electron chi connectivity index (χ2n) is 5.04. The monoisotopic (exact) mass is 254 g/mol. The van der Waals surface area contributed by atoms with E-state index in [-0.39, 0.29) is 11.5 Å². The van der Waals surface area contributed by atoms with Crippen LogP contribution in [0.2, 0.25) is 0 Å². The molecule has 1 aliphatic rings. The maximum absolute atomic E-state index is 11.5. The van der Waals surface area contributed by atoms with E-state index in [1.807, 2.05) is 6.92 Å². The average Bonchev–Trinajstić information content (AvgIpc) is 3.04. The van der Waals surface area contributed by atoms with Gasteiger partial charge in [-0.1, -0.05) is 0 Å². The summed E-state index contributed by atoms with van der Waals surface area (Å²) in [6.45, 7) is 6.25. The summed E-state index contributed by atoms with van der Waals surface area (Å²) in [6.07, 6.45) is 2.54. The summed E-state index contributed by atoms with van der Waals surface area (Å²) < 4.78 is 4.70. The number of aryl methyl sites for hydroxylation is 1. The molecule has 94 valence electrons. The zero-order valence-electron chi connectivity index (χ0n) is 10.7. The Balaban J connectivity index is 2.14. The third kappa shape index (κ3) is 2.60. The number of carbonyl (C=O) groups is 1. The van der Waals surface area contributed by atoms with Crippen LogP contribution >= 0.6 is 11.3 Å². The van der Waals surface area contributed by atoms with E-state index in [1.165, 1.54) is 31.3 Å². The summed E-state index contributed by atoms with van der Waals surface area (Å²) in [4.78, 5) is 16.7. The van der Waals surface area contributed by atoms with Crippen molar-refractivity contribution in [2.24, 2.45) is 5.92 Å². The third-order valence-electron chi connectivity index (χ3n) is 3.20. The molecule has 1 aromatic heterocycles. The van der Waals surface area contributed by atoms with E-state index in [0.717, 1.165) is 10.0 Å². The lowest BCUT2D eigenvalue weighted by Crippen LogP contribution is -2.33. The highest BCUT2D eigenvalue weighted by molar-refractivity contribution is 7.15. The number of nitrogens with zero attached hydrogens (tertiary/aromatic N) is 1. The van der Waals surface area contributed by atoms with Gasteiger partial charge in [0.15, 0.2) is 10.8 Å². The fourth-order valence-electron chi connectivity index (χ4n) is 1.92. The number of carbonyl (C=O) groups excluding carboxylic acids is 1. The molecule has 0 aliphatic heterocycles. The quantitative estimate of drug-likeness (QED) is 0.839. The first kappa shape index (κ1) is 12.4. The van der Waals surface area contributed by atoms with Crippen LogP contribution in [0, 0.1) is 12.8 Å². The van der Waals surface area contributed by atoms with Gasteiger partial charge >= 0.3 is 5.97 Å². The van der Waals surface area contributed by atoms with Gasteiger partial charge in [0.05, 0.1) is 7.11 Å². The normalized spacial score (nSPS) is 15.8. The Bertz CT molecular complexity index is 436. The molecule has 0 unspecified atom stereocenters. The van der Waals surface area contributed by atoms with Gasteiger partial charge in [0.25, 0.3) is 0 Å². The Morgan fingerprint density at radius 1 is 1.53 bits per heavy atom. The first-order valence-corrected chi connectivity index (χ1v) is 6.59. The smallest absolute Gasteiger partial charge is 0.357 e. The van der Waals surface area contributed by atoms with Crippen LogP contribution < -0.4 is 5.32 Å². The van der Waals surface area contributed by atoms with Gasteiger partial charge < -0.3 is 10.1 Å². The highest BCUT2D eigenvalue weighted by Crippen LogP contribution is 2.41. The van der Waals surface area contributed by atoms with Crippen molar-refractivity contribution >= 4 is 22.4 Å².